The first-order chi connectivity index (χ1) is 13.7. The van der Waals surface area contributed by atoms with E-state index in [9.17, 15) is 5.26 Å². The molecule has 28 heavy (non-hydrogen) atoms. The van der Waals surface area contributed by atoms with E-state index in [4.69, 9.17) is 4.74 Å². The van der Waals surface area contributed by atoms with Crippen LogP contribution in [0.1, 0.15) is 44.1 Å². The van der Waals surface area contributed by atoms with Crippen molar-refractivity contribution in [2.75, 3.05) is 31.6 Å². The van der Waals surface area contributed by atoms with Crippen LogP contribution in [0, 0.1) is 16.7 Å². The SMILES string of the molecule is N#Cc1ccc2ncnc(NC3CCC(N4CCC5(CC4)COC5)CC3)c2c1. The van der Waals surface area contributed by atoms with E-state index in [-0.39, 0.29) is 0 Å². The van der Waals surface area contributed by atoms with Gasteiger partial charge in [-0.15, -0.1) is 0 Å². The molecule has 0 atom stereocenters. The number of benzene rings is 1. The summed E-state index contributed by atoms with van der Waals surface area (Å²) in [6.45, 7) is 4.44. The third-order valence-electron chi connectivity index (χ3n) is 6.99. The lowest BCUT2D eigenvalue weighted by Gasteiger charge is -2.49. The van der Waals surface area contributed by atoms with Crippen LogP contribution in [0.2, 0.25) is 0 Å². The standard InChI is InChI=1S/C22H27N5O/c23-12-16-1-6-20-19(11-16)21(25-15-24-20)26-17-2-4-18(5-3-17)27-9-7-22(8-10-27)13-28-14-22/h1,6,11,15,17-18H,2-5,7-10,13-14H2,(H,24,25,26). The van der Waals surface area contributed by atoms with E-state index in [2.05, 4.69) is 26.3 Å². The highest BCUT2D eigenvalue weighted by molar-refractivity contribution is 5.89. The minimum absolute atomic E-state index is 0.441. The van der Waals surface area contributed by atoms with E-state index >= 15 is 0 Å². The Labute approximate surface area is 165 Å². The van der Waals surface area contributed by atoms with Crippen LogP contribution in [0.15, 0.2) is 24.5 Å². The van der Waals surface area contributed by atoms with Gasteiger partial charge >= 0.3 is 0 Å². The number of hydrogen-bond acceptors (Lipinski definition) is 6. The lowest BCUT2D eigenvalue weighted by molar-refractivity contribution is -0.143. The number of hydrogen-bond donors (Lipinski definition) is 1. The molecule has 0 unspecified atom stereocenters. The topological polar surface area (TPSA) is 74.1 Å². The van der Waals surface area contributed by atoms with Gasteiger partial charge in [-0.2, -0.15) is 5.26 Å². The maximum Gasteiger partial charge on any atom is 0.137 e. The van der Waals surface area contributed by atoms with Gasteiger partial charge in [-0.1, -0.05) is 0 Å². The van der Waals surface area contributed by atoms with Crippen molar-refractivity contribution in [3.8, 4) is 6.07 Å². The summed E-state index contributed by atoms with van der Waals surface area (Å²) < 4.78 is 5.46. The molecule has 1 spiro atoms. The minimum atomic E-state index is 0.441. The number of nitrogens with zero attached hydrogens (tertiary/aromatic N) is 4. The first-order valence-corrected chi connectivity index (χ1v) is 10.5. The average Bonchev–Trinajstić information content (AvgIpc) is 2.73. The molecule has 1 aliphatic carbocycles. The van der Waals surface area contributed by atoms with E-state index < -0.39 is 0 Å². The highest BCUT2D eigenvalue weighted by Crippen LogP contribution is 2.40. The summed E-state index contributed by atoms with van der Waals surface area (Å²) in [6, 6.07) is 8.97. The van der Waals surface area contributed by atoms with E-state index in [1.807, 2.05) is 18.2 Å². The lowest BCUT2D eigenvalue weighted by atomic mass is 9.76. The van der Waals surface area contributed by atoms with E-state index in [1.165, 1.54) is 51.6 Å². The van der Waals surface area contributed by atoms with Crippen molar-refractivity contribution in [3.63, 3.8) is 0 Å². The van der Waals surface area contributed by atoms with Gasteiger partial charge in [0, 0.05) is 22.9 Å². The predicted molar refractivity (Wildman–Crippen MR) is 108 cm³/mol. The van der Waals surface area contributed by atoms with E-state index in [0.29, 0.717) is 17.0 Å². The van der Waals surface area contributed by atoms with Gasteiger partial charge in [-0.3, -0.25) is 0 Å². The quantitative estimate of drug-likeness (QED) is 0.884. The molecule has 2 aliphatic heterocycles. The van der Waals surface area contributed by atoms with E-state index in [0.717, 1.165) is 36.0 Å². The molecule has 2 saturated heterocycles. The maximum atomic E-state index is 9.19. The van der Waals surface area contributed by atoms with Crippen molar-refractivity contribution < 1.29 is 4.74 Å². The van der Waals surface area contributed by atoms with Crippen molar-refractivity contribution in [2.24, 2.45) is 5.41 Å². The molecule has 0 radical (unpaired) electrons. The molecule has 3 fully saturated rings. The Kier molecular flexibility index (Phi) is 4.65. The Morgan fingerprint density at radius 2 is 1.89 bits per heavy atom. The predicted octanol–water partition coefficient (Wildman–Crippen LogP) is 3.34. The molecule has 0 bridgehead atoms. The smallest absolute Gasteiger partial charge is 0.137 e. The molecule has 1 saturated carbocycles. The Hall–Kier alpha value is -2.23. The summed E-state index contributed by atoms with van der Waals surface area (Å²) in [4.78, 5) is 11.5. The first-order valence-electron chi connectivity index (χ1n) is 10.5. The molecule has 6 nitrogen and oxygen atoms in total. The number of piperidine rings is 1. The average molecular weight is 377 g/mol. The van der Waals surface area contributed by atoms with Gasteiger partial charge in [0.15, 0.2) is 0 Å². The summed E-state index contributed by atoms with van der Waals surface area (Å²) in [7, 11) is 0. The highest BCUT2D eigenvalue weighted by atomic mass is 16.5. The molecule has 1 N–H and O–H groups in total. The van der Waals surface area contributed by atoms with Crippen LogP contribution in [-0.4, -0.2) is 53.3 Å². The number of nitriles is 1. The summed E-state index contributed by atoms with van der Waals surface area (Å²) in [6.07, 6.45) is 9.04. The van der Waals surface area contributed by atoms with Gasteiger partial charge < -0.3 is 15.0 Å². The third kappa shape index (κ3) is 3.34. The van der Waals surface area contributed by atoms with E-state index in [1.54, 1.807) is 6.33 Å². The van der Waals surface area contributed by atoms with Gasteiger partial charge in [0.25, 0.3) is 0 Å². The van der Waals surface area contributed by atoms with Gasteiger partial charge in [0.1, 0.15) is 12.1 Å². The second kappa shape index (κ2) is 7.31. The second-order valence-corrected chi connectivity index (χ2v) is 8.74. The summed E-state index contributed by atoms with van der Waals surface area (Å²) in [5.41, 5.74) is 2.05. The Morgan fingerprint density at radius 3 is 2.57 bits per heavy atom. The molecule has 146 valence electrons. The second-order valence-electron chi connectivity index (χ2n) is 8.74. The number of rotatable bonds is 3. The van der Waals surface area contributed by atoms with Crippen molar-refractivity contribution in [1.82, 2.24) is 14.9 Å². The first kappa shape index (κ1) is 17.8. The Bertz CT molecular complexity index is 885. The highest BCUT2D eigenvalue weighted by Gasteiger charge is 2.42. The van der Waals surface area contributed by atoms with Crippen LogP contribution < -0.4 is 5.32 Å². The fourth-order valence-electron chi connectivity index (χ4n) is 5.06. The molecule has 5 rings (SSSR count). The summed E-state index contributed by atoms with van der Waals surface area (Å²) in [5.74, 6) is 0.857. The van der Waals surface area contributed by atoms with Crippen LogP contribution >= 0.6 is 0 Å². The monoisotopic (exact) mass is 377 g/mol. The van der Waals surface area contributed by atoms with Crippen LogP contribution in [0.3, 0.4) is 0 Å². The molecule has 1 aromatic carbocycles. The molecule has 3 aliphatic rings. The molecule has 0 amide bonds. The zero-order chi connectivity index (χ0) is 19.0. The molecule has 6 heteroatoms. The van der Waals surface area contributed by atoms with Crippen molar-refractivity contribution in [1.29, 1.82) is 5.26 Å². The van der Waals surface area contributed by atoms with Gasteiger partial charge in [0.05, 0.1) is 30.4 Å². The van der Waals surface area contributed by atoms with Crippen molar-refractivity contribution in [2.45, 2.75) is 50.6 Å². The summed E-state index contributed by atoms with van der Waals surface area (Å²) >= 11 is 0. The Morgan fingerprint density at radius 1 is 1.11 bits per heavy atom. The number of ether oxygens (including phenoxy) is 1. The number of aromatic nitrogens is 2. The van der Waals surface area contributed by atoms with Crippen LogP contribution in [-0.2, 0) is 4.74 Å². The van der Waals surface area contributed by atoms with Crippen molar-refractivity contribution in [3.05, 3.63) is 30.1 Å². The molecular formula is C22H27N5O. The number of nitrogens with one attached hydrogen (secondary N) is 1. The number of anilines is 1. The van der Waals surface area contributed by atoms with Crippen LogP contribution in [0.25, 0.3) is 10.9 Å². The zero-order valence-electron chi connectivity index (χ0n) is 16.2. The normalized spacial score (nSPS) is 27.2. The van der Waals surface area contributed by atoms with Crippen LogP contribution in [0.4, 0.5) is 5.82 Å². The van der Waals surface area contributed by atoms with Crippen LogP contribution in [0.5, 0.6) is 0 Å². The molecule has 3 heterocycles. The fourth-order valence-corrected chi connectivity index (χ4v) is 5.06. The molecular weight excluding hydrogens is 350 g/mol. The van der Waals surface area contributed by atoms with Gasteiger partial charge in [-0.05, 0) is 69.8 Å². The third-order valence-corrected chi connectivity index (χ3v) is 6.99. The largest absolute Gasteiger partial charge is 0.380 e. The molecule has 1 aromatic heterocycles. The Balaban J connectivity index is 1.20. The molecule has 2 aromatic rings. The number of fused-ring (bicyclic) bond motifs is 1. The minimum Gasteiger partial charge on any atom is -0.380 e. The van der Waals surface area contributed by atoms with Gasteiger partial charge in [-0.25, -0.2) is 9.97 Å². The summed E-state index contributed by atoms with van der Waals surface area (Å²) in [5, 5.41) is 13.8. The zero-order valence-corrected chi connectivity index (χ0v) is 16.2. The lowest BCUT2D eigenvalue weighted by Crippen LogP contribution is -2.53. The van der Waals surface area contributed by atoms with Gasteiger partial charge in [0.2, 0.25) is 0 Å². The maximum absolute atomic E-state index is 9.19. The van der Waals surface area contributed by atoms with Crippen molar-refractivity contribution >= 4 is 16.7 Å². The number of likely N-dealkylation sites (tertiary alicyclic amines) is 1. The fraction of sp³-hybridized carbons (Fsp3) is 0.591.